The summed E-state index contributed by atoms with van der Waals surface area (Å²) in [5.41, 5.74) is 1.93. The highest BCUT2D eigenvalue weighted by Gasteiger charge is 2.47. The minimum absolute atomic E-state index is 0.0288. The first-order chi connectivity index (χ1) is 11.6. The number of carbonyl (C=O) groups excluding carboxylic acids is 1. The second-order valence-corrected chi connectivity index (χ2v) is 6.97. The van der Waals surface area contributed by atoms with Crippen LogP contribution in [0.2, 0.25) is 0 Å². The van der Waals surface area contributed by atoms with Gasteiger partial charge in [0.2, 0.25) is 5.91 Å². The van der Waals surface area contributed by atoms with Gasteiger partial charge in [-0.25, -0.2) is 9.97 Å². The third-order valence-electron chi connectivity index (χ3n) is 5.26. The predicted octanol–water partition coefficient (Wildman–Crippen LogP) is 1.71. The molecule has 0 bridgehead atoms. The minimum Gasteiger partial charge on any atom is -0.361 e. The third kappa shape index (κ3) is 2.53. The molecular weight excluding hydrogens is 306 g/mol. The second kappa shape index (κ2) is 5.58. The Hall–Kier alpha value is -2.44. The van der Waals surface area contributed by atoms with Crippen LogP contribution in [-0.2, 0) is 11.3 Å². The predicted molar refractivity (Wildman–Crippen MR) is 87.3 cm³/mol. The average molecular weight is 327 g/mol. The van der Waals surface area contributed by atoms with Gasteiger partial charge in [0.25, 0.3) is 0 Å². The number of hydrogen-bond donors (Lipinski definition) is 0. The SMILES string of the molecule is Cc1noc(C)c1CN1C[C@]2(CCN(c3ccncn3)C2)CC1=O. The van der Waals surface area contributed by atoms with Gasteiger partial charge in [0.15, 0.2) is 0 Å². The zero-order valence-electron chi connectivity index (χ0n) is 14.0. The van der Waals surface area contributed by atoms with Gasteiger partial charge < -0.3 is 14.3 Å². The van der Waals surface area contributed by atoms with Crippen LogP contribution in [0.25, 0.3) is 0 Å². The van der Waals surface area contributed by atoms with Crippen molar-refractivity contribution in [3.63, 3.8) is 0 Å². The molecule has 2 fully saturated rings. The van der Waals surface area contributed by atoms with Crippen molar-refractivity contribution in [3.8, 4) is 0 Å². The van der Waals surface area contributed by atoms with Crippen LogP contribution in [0.5, 0.6) is 0 Å². The number of aromatic nitrogens is 3. The topological polar surface area (TPSA) is 75.4 Å². The maximum absolute atomic E-state index is 12.6. The van der Waals surface area contributed by atoms with Crippen LogP contribution in [0.4, 0.5) is 5.82 Å². The van der Waals surface area contributed by atoms with Crippen molar-refractivity contribution in [2.24, 2.45) is 5.41 Å². The first-order valence-electron chi connectivity index (χ1n) is 8.27. The normalized spacial score (nSPS) is 23.7. The summed E-state index contributed by atoms with van der Waals surface area (Å²) in [5, 5.41) is 3.99. The monoisotopic (exact) mass is 327 g/mol. The van der Waals surface area contributed by atoms with Crippen molar-refractivity contribution in [1.82, 2.24) is 20.0 Å². The lowest BCUT2D eigenvalue weighted by atomic mass is 9.86. The molecule has 1 spiro atoms. The zero-order chi connectivity index (χ0) is 16.7. The van der Waals surface area contributed by atoms with Crippen LogP contribution < -0.4 is 4.90 Å². The Morgan fingerprint density at radius 3 is 2.92 bits per heavy atom. The Bertz CT molecular complexity index is 740. The van der Waals surface area contributed by atoms with Gasteiger partial charge in [0, 0.05) is 43.2 Å². The van der Waals surface area contributed by atoms with Gasteiger partial charge in [0.05, 0.1) is 12.2 Å². The number of nitrogens with zero attached hydrogens (tertiary/aromatic N) is 5. The maximum atomic E-state index is 12.6. The molecule has 24 heavy (non-hydrogen) atoms. The number of likely N-dealkylation sites (tertiary alicyclic amines) is 1. The summed E-state index contributed by atoms with van der Waals surface area (Å²) in [7, 11) is 0. The maximum Gasteiger partial charge on any atom is 0.223 e. The molecule has 2 aliphatic rings. The van der Waals surface area contributed by atoms with Crippen molar-refractivity contribution in [2.45, 2.75) is 33.2 Å². The molecule has 0 aromatic carbocycles. The van der Waals surface area contributed by atoms with Gasteiger partial charge >= 0.3 is 0 Å². The molecule has 0 aliphatic carbocycles. The quantitative estimate of drug-likeness (QED) is 0.854. The number of aryl methyl sites for hydroxylation is 2. The number of anilines is 1. The van der Waals surface area contributed by atoms with Crippen LogP contribution in [0, 0.1) is 19.3 Å². The fourth-order valence-electron chi connectivity index (χ4n) is 3.92. The number of amides is 1. The summed E-state index contributed by atoms with van der Waals surface area (Å²) in [4.78, 5) is 25.1. The van der Waals surface area contributed by atoms with Crippen LogP contribution in [0.1, 0.15) is 29.9 Å². The number of carbonyl (C=O) groups is 1. The number of hydrogen-bond acceptors (Lipinski definition) is 6. The van der Waals surface area contributed by atoms with E-state index in [1.54, 1.807) is 12.5 Å². The molecule has 126 valence electrons. The highest BCUT2D eigenvalue weighted by molar-refractivity contribution is 5.80. The highest BCUT2D eigenvalue weighted by atomic mass is 16.5. The molecule has 2 aromatic heterocycles. The van der Waals surface area contributed by atoms with Crippen molar-refractivity contribution in [1.29, 1.82) is 0 Å². The highest BCUT2D eigenvalue weighted by Crippen LogP contribution is 2.41. The molecule has 2 aliphatic heterocycles. The summed E-state index contributed by atoms with van der Waals surface area (Å²) in [6.07, 6.45) is 4.96. The van der Waals surface area contributed by atoms with Crippen molar-refractivity contribution in [2.75, 3.05) is 24.5 Å². The lowest BCUT2D eigenvalue weighted by Crippen LogP contribution is -2.31. The van der Waals surface area contributed by atoms with E-state index in [0.717, 1.165) is 48.9 Å². The first kappa shape index (κ1) is 15.1. The van der Waals surface area contributed by atoms with E-state index in [4.69, 9.17) is 4.52 Å². The Balaban J connectivity index is 1.48. The fraction of sp³-hybridized carbons (Fsp3) is 0.529. The lowest BCUT2D eigenvalue weighted by molar-refractivity contribution is -0.128. The molecule has 0 saturated carbocycles. The van der Waals surface area contributed by atoms with Gasteiger partial charge in [-0.05, 0) is 26.3 Å². The third-order valence-corrected chi connectivity index (χ3v) is 5.26. The Morgan fingerprint density at radius 1 is 1.33 bits per heavy atom. The lowest BCUT2D eigenvalue weighted by Gasteiger charge is -2.24. The van der Waals surface area contributed by atoms with E-state index in [1.165, 1.54) is 0 Å². The van der Waals surface area contributed by atoms with Gasteiger partial charge in [-0.1, -0.05) is 5.16 Å². The smallest absolute Gasteiger partial charge is 0.223 e. The largest absolute Gasteiger partial charge is 0.361 e. The summed E-state index contributed by atoms with van der Waals surface area (Å²) in [6.45, 7) is 7.01. The molecule has 1 amide bonds. The Kier molecular flexibility index (Phi) is 3.51. The molecule has 2 saturated heterocycles. The van der Waals surface area contributed by atoms with Crippen LogP contribution >= 0.6 is 0 Å². The van der Waals surface area contributed by atoms with Gasteiger partial charge in [-0.3, -0.25) is 4.79 Å². The summed E-state index contributed by atoms with van der Waals surface area (Å²) >= 11 is 0. The number of rotatable bonds is 3. The van der Waals surface area contributed by atoms with Crippen molar-refractivity contribution < 1.29 is 9.32 Å². The standard InChI is InChI=1S/C17H21N5O2/c1-12-14(13(2)24-20-12)8-22-10-17(7-16(22)23)4-6-21(9-17)15-3-5-18-11-19-15/h3,5,11H,4,6-10H2,1-2H3/t17-/m1/s1. The van der Waals surface area contributed by atoms with E-state index in [2.05, 4.69) is 20.0 Å². The zero-order valence-corrected chi connectivity index (χ0v) is 14.0. The molecule has 1 atom stereocenters. The Labute approximate surface area is 140 Å². The van der Waals surface area contributed by atoms with E-state index in [0.29, 0.717) is 13.0 Å². The fourth-order valence-corrected chi connectivity index (χ4v) is 3.92. The van der Waals surface area contributed by atoms with E-state index >= 15 is 0 Å². The average Bonchev–Trinajstić information content (AvgIpc) is 3.23. The van der Waals surface area contributed by atoms with Crippen molar-refractivity contribution in [3.05, 3.63) is 35.6 Å². The molecule has 2 aromatic rings. The van der Waals surface area contributed by atoms with Crippen LogP contribution in [0.15, 0.2) is 23.1 Å². The molecule has 4 rings (SSSR count). The van der Waals surface area contributed by atoms with Gasteiger partial charge in [0.1, 0.15) is 17.9 Å². The van der Waals surface area contributed by atoms with E-state index in [-0.39, 0.29) is 11.3 Å². The first-order valence-corrected chi connectivity index (χ1v) is 8.27. The van der Waals surface area contributed by atoms with E-state index < -0.39 is 0 Å². The van der Waals surface area contributed by atoms with Crippen LogP contribution in [-0.4, -0.2) is 45.6 Å². The molecule has 0 radical (unpaired) electrons. The summed E-state index contributed by atoms with van der Waals surface area (Å²) < 4.78 is 5.22. The molecule has 0 unspecified atom stereocenters. The molecular formula is C17H21N5O2. The van der Waals surface area contributed by atoms with Gasteiger partial charge in [-0.2, -0.15) is 0 Å². The Morgan fingerprint density at radius 2 is 2.21 bits per heavy atom. The van der Waals surface area contributed by atoms with Gasteiger partial charge in [-0.15, -0.1) is 0 Å². The summed E-state index contributed by atoms with van der Waals surface area (Å²) in [5.74, 6) is 1.97. The second-order valence-electron chi connectivity index (χ2n) is 6.97. The molecule has 0 N–H and O–H groups in total. The van der Waals surface area contributed by atoms with Crippen LogP contribution in [0.3, 0.4) is 0 Å². The molecule has 7 nitrogen and oxygen atoms in total. The molecule has 4 heterocycles. The summed E-state index contributed by atoms with van der Waals surface area (Å²) in [6, 6.07) is 1.93. The van der Waals surface area contributed by atoms with E-state index in [9.17, 15) is 4.79 Å². The van der Waals surface area contributed by atoms with E-state index in [1.807, 2.05) is 24.8 Å². The van der Waals surface area contributed by atoms with Crippen molar-refractivity contribution >= 4 is 11.7 Å². The minimum atomic E-state index is 0.0288. The molecule has 7 heteroatoms.